The molecule has 1 unspecified atom stereocenters. The van der Waals surface area contributed by atoms with E-state index in [2.05, 4.69) is 6.92 Å². The minimum Gasteiger partial charge on any atom is -0.487 e. The monoisotopic (exact) mass is 225 g/mol. The molecular weight excluding hydrogens is 205 g/mol. The van der Waals surface area contributed by atoms with Crippen LogP contribution in [-0.2, 0) is 0 Å². The molecule has 0 aliphatic carbocycles. The molecule has 1 rings (SSSR count). The molecule has 0 heterocycles. The summed E-state index contributed by atoms with van der Waals surface area (Å²) in [7, 11) is 0. The Hall–Kier alpha value is -1.09. The van der Waals surface area contributed by atoms with Crippen molar-refractivity contribution in [3.8, 4) is 5.75 Å². The van der Waals surface area contributed by atoms with Gasteiger partial charge < -0.3 is 10.5 Å². The molecule has 0 radical (unpaired) electrons. The highest BCUT2D eigenvalue weighted by Gasteiger charge is 2.15. The first-order valence-electron chi connectivity index (χ1n) is 5.76. The van der Waals surface area contributed by atoms with E-state index in [-0.39, 0.29) is 18.0 Å². The van der Waals surface area contributed by atoms with Crippen molar-refractivity contribution in [2.45, 2.75) is 45.8 Å². The van der Waals surface area contributed by atoms with Crippen LogP contribution in [-0.4, -0.2) is 6.10 Å². The predicted molar refractivity (Wildman–Crippen MR) is 64.0 cm³/mol. The molecular formula is C13H20FNO. The van der Waals surface area contributed by atoms with Gasteiger partial charge in [0.25, 0.3) is 0 Å². The van der Waals surface area contributed by atoms with Crippen LogP contribution in [0.1, 0.15) is 45.2 Å². The maximum atomic E-state index is 13.6. The number of benzene rings is 1. The predicted octanol–water partition coefficient (Wildman–Crippen LogP) is 3.41. The average Bonchev–Trinajstić information content (AvgIpc) is 2.21. The molecule has 0 saturated carbocycles. The van der Waals surface area contributed by atoms with E-state index < -0.39 is 0 Å². The van der Waals surface area contributed by atoms with E-state index in [1.54, 1.807) is 6.07 Å². The zero-order valence-corrected chi connectivity index (χ0v) is 10.2. The van der Waals surface area contributed by atoms with Crippen molar-refractivity contribution >= 4 is 0 Å². The van der Waals surface area contributed by atoms with E-state index in [1.165, 1.54) is 6.07 Å². The Morgan fingerprint density at radius 3 is 2.62 bits per heavy atom. The van der Waals surface area contributed by atoms with E-state index in [0.29, 0.717) is 5.75 Å². The molecule has 2 atom stereocenters. The highest BCUT2D eigenvalue weighted by Crippen LogP contribution is 2.28. The van der Waals surface area contributed by atoms with E-state index in [0.717, 1.165) is 18.4 Å². The second-order valence-corrected chi connectivity index (χ2v) is 4.16. The number of ether oxygens (including phenoxy) is 1. The first kappa shape index (κ1) is 13.0. The molecule has 16 heavy (non-hydrogen) atoms. The first-order chi connectivity index (χ1) is 7.56. The number of hydrogen-bond donors (Lipinski definition) is 1. The lowest BCUT2D eigenvalue weighted by Crippen LogP contribution is -2.16. The number of nitrogens with two attached hydrogens (primary N) is 1. The van der Waals surface area contributed by atoms with Crippen LogP contribution in [0.25, 0.3) is 0 Å². The Morgan fingerprint density at radius 2 is 2.06 bits per heavy atom. The van der Waals surface area contributed by atoms with Crippen molar-refractivity contribution in [2.24, 2.45) is 5.73 Å². The molecule has 0 amide bonds. The van der Waals surface area contributed by atoms with Crippen LogP contribution in [0.2, 0.25) is 0 Å². The van der Waals surface area contributed by atoms with Gasteiger partial charge in [-0.1, -0.05) is 25.5 Å². The van der Waals surface area contributed by atoms with Gasteiger partial charge in [0, 0.05) is 11.6 Å². The van der Waals surface area contributed by atoms with Gasteiger partial charge in [-0.25, -0.2) is 4.39 Å². The Kier molecular flexibility index (Phi) is 4.74. The summed E-state index contributed by atoms with van der Waals surface area (Å²) in [6.07, 6.45) is 1.94. The fourth-order valence-corrected chi connectivity index (χ4v) is 1.68. The fourth-order valence-electron chi connectivity index (χ4n) is 1.68. The lowest BCUT2D eigenvalue weighted by molar-refractivity contribution is 0.198. The summed E-state index contributed by atoms with van der Waals surface area (Å²) < 4.78 is 19.3. The second kappa shape index (κ2) is 5.85. The first-order valence-corrected chi connectivity index (χ1v) is 5.76. The zero-order chi connectivity index (χ0) is 12.1. The Bertz CT molecular complexity index is 339. The third kappa shape index (κ3) is 3.20. The Balaban J connectivity index is 2.92. The summed E-state index contributed by atoms with van der Waals surface area (Å²) in [5, 5.41) is 0. The molecule has 3 heteroatoms. The molecule has 0 aliphatic heterocycles. The van der Waals surface area contributed by atoms with Crippen molar-refractivity contribution in [2.75, 3.05) is 0 Å². The largest absolute Gasteiger partial charge is 0.487 e. The number of hydrogen-bond acceptors (Lipinski definition) is 2. The molecule has 0 saturated heterocycles. The molecule has 0 spiro atoms. The van der Waals surface area contributed by atoms with Crippen LogP contribution >= 0.6 is 0 Å². The van der Waals surface area contributed by atoms with Crippen molar-refractivity contribution in [3.05, 3.63) is 29.6 Å². The van der Waals surface area contributed by atoms with Gasteiger partial charge in [0.05, 0.1) is 6.10 Å². The highest BCUT2D eigenvalue weighted by atomic mass is 19.1. The smallest absolute Gasteiger partial charge is 0.165 e. The summed E-state index contributed by atoms with van der Waals surface area (Å²) in [4.78, 5) is 0. The van der Waals surface area contributed by atoms with Gasteiger partial charge in [-0.05, 0) is 26.3 Å². The van der Waals surface area contributed by atoms with Crippen molar-refractivity contribution in [1.29, 1.82) is 0 Å². The van der Waals surface area contributed by atoms with E-state index in [4.69, 9.17) is 10.5 Å². The lowest BCUT2D eigenvalue weighted by Gasteiger charge is -2.19. The summed E-state index contributed by atoms with van der Waals surface area (Å²) in [5.41, 5.74) is 6.51. The second-order valence-electron chi connectivity index (χ2n) is 4.16. The standard InChI is InChI=1S/C13H20FNO/c1-4-6-9(2)16-13-11(10(3)15)7-5-8-12(13)14/h5,7-10H,4,6,15H2,1-3H3/t9?,10-/m1/s1. The van der Waals surface area contributed by atoms with Crippen LogP contribution in [0.5, 0.6) is 5.75 Å². The average molecular weight is 225 g/mol. The highest BCUT2D eigenvalue weighted by molar-refractivity contribution is 5.37. The summed E-state index contributed by atoms with van der Waals surface area (Å²) in [6.45, 7) is 5.85. The topological polar surface area (TPSA) is 35.2 Å². The van der Waals surface area contributed by atoms with Gasteiger partial charge in [-0.2, -0.15) is 0 Å². The van der Waals surface area contributed by atoms with Gasteiger partial charge in [0.15, 0.2) is 11.6 Å². The Morgan fingerprint density at radius 1 is 1.38 bits per heavy atom. The maximum Gasteiger partial charge on any atom is 0.165 e. The minimum absolute atomic E-state index is 0.0133. The molecule has 2 N–H and O–H groups in total. The van der Waals surface area contributed by atoms with Gasteiger partial charge in [-0.3, -0.25) is 0 Å². The van der Waals surface area contributed by atoms with E-state index in [9.17, 15) is 4.39 Å². The molecule has 0 aromatic heterocycles. The third-order valence-corrected chi connectivity index (χ3v) is 2.50. The quantitative estimate of drug-likeness (QED) is 0.833. The molecule has 2 nitrogen and oxygen atoms in total. The van der Waals surface area contributed by atoms with Crippen LogP contribution < -0.4 is 10.5 Å². The maximum absolute atomic E-state index is 13.6. The summed E-state index contributed by atoms with van der Waals surface area (Å²) >= 11 is 0. The molecule has 1 aromatic carbocycles. The summed E-state index contributed by atoms with van der Waals surface area (Å²) in [6, 6.07) is 4.65. The Labute approximate surface area is 96.6 Å². The number of halogens is 1. The minimum atomic E-state index is -0.335. The van der Waals surface area contributed by atoms with E-state index >= 15 is 0 Å². The van der Waals surface area contributed by atoms with Crippen molar-refractivity contribution < 1.29 is 9.13 Å². The van der Waals surface area contributed by atoms with Gasteiger partial charge in [-0.15, -0.1) is 0 Å². The third-order valence-electron chi connectivity index (χ3n) is 2.50. The molecule has 0 bridgehead atoms. The summed E-state index contributed by atoms with van der Waals surface area (Å²) in [5.74, 6) is -0.0313. The van der Waals surface area contributed by atoms with Gasteiger partial charge >= 0.3 is 0 Å². The fraction of sp³-hybridized carbons (Fsp3) is 0.538. The van der Waals surface area contributed by atoms with Crippen molar-refractivity contribution in [3.63, 3.8) is 0 Å². The van der Waals surface area contributed by atoms with Crippen LogP contribution in [0.4, 0.5) is 4.39 Å². The normalized spacial score (nSPS) is 14.6. The number of rotatable bonds is 5. The number of para-hydroxylation sites is 1. The molecule has 0 fully saturated rings. The van der Waals surface area contributed by atoms with Crippen LogP contribution in [0.3, 0.4) is 0 Å². The molecule has 0 aliphatic rings. The van der Waals surface area contributed by atoms with E-state index in [1.807, 2.05) is 19.9 Å². The van der Waals surface area contributed by atoms with Gasteiger partial charge in [0.2, 0.25) is 0 Å². The molecule has 90 valence electrons. The van der Waals surface area contributed by atoms with Crippen LogP contribution in [0.15, 0.2) is 18.2 Å². The lowest BCUT2D eigenvalue weighted by atomic mass is 10.1. The SMILES string of the molecule is CCCC(C)Oc1c(F)cccc1[C@@H](C)N. The van der Waals surface area contributed by atoms with Crippen LogP contribution in [0, 0.1) is 5.82 Å². The molecule has 1 aromatic rings. The van der Waals surface area contributed by atoms with Crippen molar-refractivity contribution in [1.82, 2.24) is 0 Å². The zero-order valence-electron chi connectivity index (χ0n) is 10.2. The van der Waals surface area contributed by atoms with Gasteiger partial charge in [0.1, 0.15) is 0 Å².